The van der Waals surface area contributed by atoms with Crippen molar-refractivity contribution in [2.75, 3.05) is 12.3 Å². The van der Waals surface area contributed by atoms with Crippen LogP contribution in [0.5, 0.6) is 5.75 Å². The van der Waals surface area contributed by atoms with Gasteiger partial charge in [0.2, 0.25) is 0 Å². The first-order chi connectivity index (χ1) is 11.0. The highest BCUT2D eigenvalue weighted by atomic mass is 19.1. The summed E-state index contributed by atoms with van der Waals surface area (Å²) in [5.74, 6) is -0.501. The Labute approximate surface area is 131 Å². The fourth-order valence-electron chi connectivity index (χ4n) is 2.15. The fourth-order valence-corrected chi connectivity index (χ4v) is 2.15. The van der Waals surface area contributed by atoms with E-state index in [1.54, 1.807) is 6.07 Å². The number of anilines is 1. The predicted molar refractivity (Wildman–Crippen MR) is 82.1 cm³/mol. The van der Waals surface area contributed by atoms with Crippen molar-refractivity contribution >= 4 is 5.82 Å². The summed E-state index contributed by atoms with van der Waals surface area (Å²) in [7, 11) is 0. The molecule has 0 unspecified atom stereocenters. The maximum atomic E-state index is 13.7. The summed E-state index contributed by atoms with van der Waals surface area (Å²) in [6.45, 7) is 2.26. The van der Waals surface area contributed by atoms with Crippen molar-refractivity contribution in [2.45, 2.75) is 13.3 Å². The van der Waals surface area contributed by atoms with Crippen molar-refractivity contribution in [3.63, 3.8) is 0 Å². The lowest BCUT2D eigenvalue weighted by atomic mass is 9.96. The van der Waals surface area contributed by atoms with Crippen LogP contribution in [0.2, 0.25) is 0 Å². The van der Waals surface area contributed by atoms with Crippen LogP contribution in [0.1, 0.15) is 24.5 Å². The predicted octanol–water partition coefficient (Wildman–Crippen LogP) is 2.30. The van der Waals surface area contributed by atoms with E-state index in [9.17, 15) is 19.7 Å². The first-order valence-electron chi connectivity index (χ1n) is 6.82. The van der Waals surface area contributed by atoms with Crippen LogP contribution in [-0.4, -0.2) is 11.6 Å². The summed E-state index contributed by atoms with van der Waals surface area (Å²) >= 11 is 0. The molecule has 0 aliphatic rings. The molecule has 2 rings (SSSR count). The Hall–Kier alpha value is -3.32. The van der Waals surface area contributed by atoms with Crippen molar-refractivity contribution in [3.05, 3.63) is 45.5 Å². The molecule has 3 N–H and O–H groups in total. The summed E-state index contributed by atoms with van der Waals surface area (Å²) in [4.78, 5) is 14.2. The maximum Gasteiger partial charge on any atom is 0.268 e. The molecule has 0 saturated heterocycles. The third-order valence-corrected chi connectivity index (χ3v) is 3.14. The zero-order valence-electron chi connectivity index (χ0n) is 12.3. The molecular weight excluding hydrogens is 299 g/mol. The molecule has 116 valence electrons. The SMILES string of the molecule is CCCOc1ccc(F)cc1-c1c(C#N)c(N)[nH]c(=O)c1C#N. The van der Waals surface area contributed by atoms with Gasteiger partial charge in [0.05, 0.1) is 6.61 Å². The number of nitrogens with zero attached hydrogens (tertiary/aromatic N) is 2. The van der Waals surface area contributed by atoms with Crippen LogP contribution in [-0.2, 0) is 0 Å². The molecular formula is C16H13FN4O2. The smallest absolute Gasteiger partial charge is 0.268 e. The normalized spacial score (nSPS) is 9.91. The molecule has 1 aromatic heterocycles. The lowest BCUT2D eigenvalue weighted by molar-refractivity contribution is 0.318. The lowest BCUT2D eigenvalue weighted by Crippen LogP contribution is -2.16. The highest BCUT2D eigenvalue weighted by Gasteiger charge is 2.21. The van der Waals surface area contributed by atoms with Gasteiger partial charge in [0.15, 0.2) is 0 Å². The van der Waals surface area contributed by atoms with Crippen LogP contribution in [0.25, 0.3) is 11.1 Å². The molecule has 0 bridgehead atoms. The van der Waals surface area contributed by atoms with E-state index in [1.807, 2.05) is 13.0 Å². The van der Waals surface area contributed by atoms with Gasteiger partial charge in [-0.3, -0.25) is 4.79 Å². The number of nitrogens with one attached hydrogen (secondary N) is 1. The number of nitriles is 2. The summed E-state index contributed by atoms with van der Waals surface area (Å²) in [5, 5.41) is 18.6. The van der Waals surface area contributed by atoms with Gasteiger partial charge >= 0.3 is 0 Å². The lowest BCUT2D eigenvalue weighted by Gasteiger charge is -2.14. The highest BCUT2D eigenvalue weighted by molar-refractivity contribution is 5.83. The molecule has 0 saturated carbocycles. The molecule has 0 spiro atoms. The van der Waals surface area contributed by atoms with Crippen molar-refractivity contribution in [3.8, 4) is 29.0 Å². The average molecular weight is 312 g/mol. The fraction of sp³-hybridized carbons (Fsp3) is 0.188. The molecule has 23 heavy (non-hydrogen) atoms. The number of ether oxygens (including phenoxy) is 1. The number of H-pyrrole nitrogens is 1. The molecule has 7 heteroatoms. The molecule has 0 atom stereocenters. The number of rotatable bonds is 4. The van der Waals surface area contributed by atoms with Crippen LogP contribution in [0.3, 0.4) is 0 Å². The van der Waals surface area contributed by atoms with Crippen LogP contribution < -0.4 is 16.0 Å². The molecule has 0 aliphatic carbocycles. The molecule has 0 fully saturated rings. The van der Waals surface area contributed by atoms with E-state index in [4.69, 9.17) is 10.5 Å². The first kappa shape index (κ1) is 16.1. The third kappa shape index (κ3) is 2.99. The Balaban J connectivity index is 2.87. The Bertz CT molecular complexity index is 891. The minimum atomic E-state index is -0.746. The van der Waals surface area contributed by atoms with Crippen LogP contribution >= 0.6 is 0 Å². The second-order valence-electron chi connectivity index (χ2n) is 4.71. The minimum Gasteiger partial charge on any atom is -0.493 e. The van der Waals surface area contributed by atoms with Crippen LogP contribution in [0.15, 0.2) is 23.0 Å². The van der Waals surface area contributed by atoms with Gasteiger partial charge in [-0.2, -0.15) is 10.5 Å². The van der Waals surface area contributed by atoms with Crippen molar-refractivity contribution < 1.29 is 9.13 Å². The molecule has 0 aliphatic heterocycles. The maximum absolute atomic E-state index is 13.7. The van der Waals surface area contributed by atoms with Crippen LogP contribution in [0, 0.1) is 28.5 Å². The third-order valence-electron chi connectivity index (χ3n) is 3.14. The Morgan fingerprint density at radius 3 is 2.61 bits per heavy atom. The van der Waals surface area contributed by atoms with Gasteiger partial charge in [0.25, 0.3) is 5.56 Å². The number of aromatic amines is 1. The van der Waals surface area contributed by atoms with Gasteiger partial charge in [0, 0.05) is 11.1 Å². The zero-order chi connectivity index (χ0) is 17.0. The van der Waals surface area contributed by atoms with Crippen molar-refractivity contribution in [1.82, 2.24) is 4.98 Å². The number of nitrogen functional groups attached to an aromatic ring is 1. The molecule has 0 amide bonds. The summed E-state index contributed by atoms with van der Waals surface area (Å²) in [6, 6.07) is 7.28. The Kier molecular flexibility index (Phi) is 4.63. The second-order valence-corrected chi connectivity index (χ2v) is 4.71. The number of nitrogens with two attached hydrogens (primary N) is 1. The van der Waals surface area contributed by atoms with Gasteiger partial charge in [0.1, 0.15) is 40.6 Å². The van der Waals surface area contributed by atoms with Gasteiger partial charge in [-0.05, 0) is 24.6 Å². The topological polar surface area (TPSA) is 116 Å². The number of pyridine rings is 1. The van der Waals surface area contributed by atoms with Gasteiger partial charge < -0.3 is 15.5 Å². The summed E-state index contributed by atoms with van der Waals surface area (Å²) in [6.07, 6.45) is 0.713. The van der Waals surface area contributed by atoms with Gasteiger partial charge in [-0.25, -0.2) is 4.39 Å². The average Bonchev–Trinajstić information content (AvgIpc) is 2.53. The van der Waals surface area contributed by atoms with E-state index in [1.165, 1.54) is 12.1 Å². The number of benzene rings is 1. The number of halogens is 1. The summed E-state index contributed by atoms with van der Waals surface area (Å²) < 4.78 is 19.2. The zero-order valence-corrected chi connectivity index (χ0v) is 12.3. The first-order valence-corrected chi connectivity index (χ1v) is 6.82. The molecule has 1 heterocycles. The number of hydrogen-bond acceptors (Lipinski definition) is 5. The molecule has 6 nitrogen and oxygen atoms in total. The van der Waals surface area contributed by atoms with Crippen LogP contribution in [0.4, 0.5) is 10.2 Å². The largest absolute Gasteiger partial charge is 0.493 e. The van der Waals surface area contributed by atoms with E-state index < -0.39 is 11.4 Å². The van der Waals surface area contributed by atoms with E-state index >= 15 is 0 Å². The van der Waals surface area contributed by atoms with Crippen molar-refractivity contribution in [1.29, 1.82) is 10.5 Å². The quantitative estimate of drug-likeness (QED) is 0.898. The molecule has 0 radical (unpaired) electrons. The van der Waals surface area contributed by atoms with E-state index in [0.717, 1.165) is 6.07 Å². The van der Waals surface area contributed by atoms with E-state index in [2.05, 4.69) is 4.98 Å². The summed E-state index contributed by atoms with van der Waals surface area (Å²) in [5.41, 5.74) is 4.61. The number of hydrogen-bond donors (Lipinski definition) is 2. The highest BCUT2D eigenvalue weighted by Crippen LogP contribution is 2.35. The molecule has 2 aromatic rings. The van der Waals surface area contributed by atoms with Crippen molar-refractivity contribution in [2.24, 2.45) is 0 Å². The monoisotopic (exact) mass is 312 g/mol. The second kappa shape index (κ2) is 6.63. The number of aromatic nitrogens is 1. The van der Waals surface area contributed by atoms with Gasteiger partial charge in [-0.15, -0.1) is 0 Å². The standard InChI is InChI=1S/C16H13FN4O2/c1-2-5-23-13-4-3-9(17)6-10(13)14-11(7-18)15(20)21-16(22)12(14)8-19/h3-4,6H,2,5H2,1H3,(H3,20,21,22). The molecule has 1 aromatic carbocycles. The Morgan fingerprint density at radius 1 is 1.30 bits per heavy atom. The van der Waals surface area contributed by atoms with E-state index in [0.29, 0.717) is 13.0 Å². The van der Waals surface area contributed by atoms with Gasteiger partial charge in [-0.1, -0.05) is 6.92 Å². The Morgan fingerprint density at radius 2 is 2.00 bits per heavy atom. The van der Waals surface area contributed by atoms with E-state index in [-0.39, 0.29) is 33.8 Å². The minimum absolute atomic E-state index is 0.0261.